The van der Waals surface area contributed by atoms with Gasteiger partial charge in [0.2, 0.25) is 0 Å². The average Bonchev–Trinajstić information content (AvgIpc) is 3.18. The second-order valence-electron chi connectivity index (χ2n) is 6.41. The van der Waals surface area contributed by atoms with E-state index in [0.29, 0.717) is 17.2 Å². The molecule has 4 rings (SSSR count). The number of thiophene rings is 1. The van der Waals surface area contributed by atoms with Gasteiger partial charge >= 0.3 is 0 Å². The van der Waals surface area contributed by atoms with E-state index in [0.717, 1.165) is 21.8 Å². The monoisotopic (exact) mass is 412 g/mol. The summed E-state index contributed by atoms with van der Waals surface area (Å²) < 4.78 is 24.1. The Hall–Kier alpha value is -3.39. The van der Waals surface area contributed by atoms with Gasteiger partial charge in [-0.3, -0.25) is 20.4 Å². The first-order valence-corrected chi connectivity index (χ1v) is 9.70. The maximum absolute atomic E-state index is 12.9. The number of amides is 2. The molecule has 2 heterocycles. The molecule has 6 nitrogen and oxygen atoms in total. The molecule has 0 aliphatic carbocycles. The molecule has 8 heteroatoms. The fraction of sp³-hybridized carbons (Fsp3) is 0.143. The van der Waals surface area contributed by atoms with Gasteiger partial charge in [-0.25, -0.2) is 4.39 Å². The topological polar surface area (TPSA) is 76.7 Å². The van der Waals surface area contributed by atoms with Crippen LogP contribution in [-0.4, -0.2) is 17.9 Å². The van der Waals surface area contributed by atoms with Crippen LogP contribution in [0.3, 0.4) is 0 Å². The van der Waals surface area contributed by atoms with Crippen molar-refractivity contribution in [3.63, 3.8) is 0 Å². The highest BCUT2D eigenvalue weighted by Gasteiger charge is 2.23. The van der Waals surface area contributed by atoms with E-state index in [1.54, 1.807) is 6.07 Å². The van der Waals surface area contributed by atoms with Crippen molar-refractivity contribution >= 4 is 23.2 Å². The van der Waals surface area contributed by atoms with Crippen molar-refractivity contribution in [2.24, 2.45) is 0 Å². The second-order valence-corrected chi connectivity index (χ2v) is 7.46. The van der Waals surface area contributed by atoms with Gasteiger partial charge in [-0.2, -0.15) is 0 Å². The third-order valence-electron chi connectivity index (χ3n) is 4.34. The predicted molar refractivity (Wildman–Crippen MR) is 106 cm³/mol. The lowest BCUT2D eigenvalue weighted by molar-refractivity contribution is -0.128. The number of fused-ring (bicyclic) bond motifs is 3. The number of hydrogen-bond donors (Lipinski definition) is 2. The van der Waals surface area contributed by atoms with E-state index in [1.807, 2.05) is 24.3 Å². The Morgan fingerprint density at radius 2 is 1.90 bits per heavy atom. The minimum atomic E-state index is -0.877. The molecule has 0 saturated heterocycles. The molecular weight excluding hydrogens is 395 g/mol. The molecule has 3 aromatic rings. The Morgan fingerprint density at radius 1 is 1.14 bits per heavy atom. The van der Waals surface area contributed by atoms with Crippen LogP contribution in [0.4, 0.5) is 4.39 Å². The van der Waals surface area contributed by atoms with Crippen molar-refractivity contribution in [1.29, 1.82) is 0 Å². The highest BCUT2D eigenvalue weighted by molar-refractivity contribution is 7.17. The molecule has 0 spiro atoms. The minimum Gasteiger partial charge on any atom is -0.488 e. The molecule has 1 aliphatic heterocycles. The lowest BCUT2D eigenvalue weighted by Crippen LogP contribution is -2.47. The maximum Gasteiger partial charge on any atom is 0.279 e. The van der Waals surface area contributed by atoms with E-state index >= 15 is 0 Å². The molecule has 2 amide bonds. The van der Waals surface area contributed by atoms with E-state index < -0.39 is 23.7 Å². The largest absolute Gasteiger partial charge is 0.488 e. The molecular formula is C21H17FN2O4S. The fourth-order valence-corrected chi connectivity index (χ4v) is 3.96. The van der Waals surface area contributed by atoms with Crippen LogP contribution in [0.25, 0.3) is 10.4 Å². The lowest BCUT2D eigenvalue weighted by Gasteiger charge is -2.16. The zero-order chi connectivity index (χ0) is 20.4. The summed E-state index contributed by atoms with van der Waals surface area (Å²) in [6.07, 6.45) is -0.877. The van der Waals surface area contributed by atoms with Crippen molar-refractivity contribution in [2.75, 3.05) is 0 Å². The average molecular weight is 412 g/mol. The Balaban J connectivity index is 1.37. The number of hydrazine groups is 1. The fourth-order valence-electron chi connectivity index (χ4n) is 2.86. The number of hydrogen-bond acceptors (Lipinski definition) is 5. The van der Waals surface area contributed by atoms with Crippen LogP contribution in [0.1, 0.15) is 22.2 Å². The normalized spacial score (nSPS) is 12.8. The van der Waals surface area contributed by atoms with Crippen molar-refractivity contribution in [2.45, 2.75) is 19.6 Å². The van der Waals surface area contributed by atoms with Gasteiger partial charge < -0.3 is 9.47 Å². The van der Waals surface area contributed by atoms with E-state index in [4.69, 9.17) is 9.47 Å². The molecule has 0 radical (unpaired) electrons. The molecule has 1 aliphatic rings. The van der Waals surface area contributed by atoms with Crippen LogP contribution >= 0.6 is 11.3 Å². The number of benzene rings is 2. The molecule has 1 atom stereocenters. The van der Waals surface area contributed by atoms with E-state index in [9.17, 15) is 14.0 Å². The number of carbonyl (C=O) groups excluding carboxylic acids is 2. The summed E-state index contributed by atoms with van der Waals surface area (Å²) >= 11 is 1.34. The number of halogens is 1. The quantitative estimate of drug-likeness (QED) is 0.641. The SMILES string of the molecule is C[C@H](Oc1ccc(F)cc1)C(=O)NNC(=O)c1cc2c(s1)-c1ccccc1OC2. The summed E-state index contributed by atoms with van der Waals surface area (Å²) in [6, 6.07) is 14.7. The number of rotatable bonds is 4. The van der Waals surface area contributed by atoms with Gasteiger partial charge in [-0.05, 0) is 49.4 Å². The predicted octanol–water partition coefficient (Wildman–Crippen LogP) is 3.68. The summed E-state index contributed by atoms with van der Waals surface area (Å²) in [5, 5.41) is 0. The second kappa shape index (κ2) is 7.92. The number of nitrogens with one attached hydrogen (secondary N) is 2. The molecule has 29 heavy (non-hydrogen) atoms. The van der Waals surface area contributed by atoms with E-state index in [-0.39, 0.29) is 0 Å². The van der Waals surface area contributed by atoms with Crippen LogP contribution in [0.2, 0.25) is 0 Å². The highest BCUT2D eigenvalue weighted by Crippen LogP contribution is 2.42. The molecule has 148 valence electrons. The highest BCUT2D eigenvalue weighted by atomic mass is 32.1. The van der Waals surface area contributed by atoms with Gasteiger partial charge in [0.15, 0.2) is 6.10 Å². The van der Waals surface area contributed by atoms with E-state index in [2.05, 4.69) is 10.9 Å². The minimum absolute atomic E-state index is 0.352. The van der Waals surface area contributed by atoms with Gasteiger partial charge in [0, 0.05) is 16.0 Å². The van der Waals surface area contributed by atoms with Crippen molar-refractivity contribution in [1.82, 2.24) is 10.9 Å². The third-order valence-corrected chi connectivity index (χ3v) is 5.55. The summed E-state index contributed by atoms with van der Waals surface area (Å²) in [7, 11) is 0. The third kappa shape index (κ3) is 4.07. The molecule has 2 aromatic carbocycles. The molecule has 0 saturated carbocycles. The van der Waals surface area contributed by atoms with Gasteiger partial charge in [0.25, 0.3) is 11.8 Å². The smallest absolute Gasteiger partial charge is 0.279 e. The zero-order valence-electron chi connectivity index (χ0n) is 15.4. The zero-order valence-corrected chi connectivity index (χ0v) is 16.2. The first kappa shape index (κ1) is 18.9. The van der Waals surface area contributed by atoms with Crippen LogP contribution in [0.15, 0.2) is 54.6 Å². The Morgan fingerprint density at radius 3 is 2.69 bits per heavy atom. The maximum atomic E-state index is 12.9. The molecule has 0 unspecified atom stereocenters. The summed E-state index contributed by atoms with van der Waals surface area (Å²) in [4.78, 5) is 26.1. The van der Waals surface area contributed by atoms with Crippen LogP contribution < -0.4 is 20.3 Å². The van der Waals surface area contributed by atoms with Crippen LogP contribution in [0, 0.1) is 5.82 Å². The molecule has 0 bridgehead atoms. The number of carbonyl (C=O) groups is 2. The Kier molecular flexibility index (Phi) is 5.18. The Labute approximate surface area is 170 Å². The summed E-state index contributed by atoms with van der Waals surface area (Å²) in [5.74, 6) is -0.214. The van der Waals surface area contributed by atoms with Crippen molar-refractivity contribution in [3.05, 3.63) is 70.9 Å². The van der Waals surface area contributed by atoms with Crippen molar-refractivity contribution in [3.8, 4) is 21.9 Å². The van der Waals surface area contributed by atoms with Crippen LogP contribution in [-0.2, 0) is 11.4 Å². The molecule has 0 fully saturated rings. The summed E-state index contributed by atoms with van der Waals surface area (Å²) in [5.41, 5.74) is 6.62. The lowest BCUT2D eigenvalue weighted by atomic mass is 10.1. The van der Waals surface area contributed by atoms with Gasteiger partial charge in [-0.15, -0.1) is 11.3 Å². The molecule has 1 aromatic heterocycles. The first-order chi connectivity index (χ1) is 14.0. The standard InChI is InChI=1S/C21H17FN2O4S/c1-12(28-15-8-6-14(22)7-9-15)20(25)23-24-21(26)18-10-13-11-27-17-5-3-2-4-16(17)19(13)29-18/h2-10,12H,11H2,1H3,(H,23,25)(H,24,26)/t12-/m0/s1. The molecule has 2 N–H and O–H groups in total. The van der Waals surface area contributed by atoms with Gasteiger partial charge in [-0.1, -0.05) is 12.1 Å². The number of para-hydroxylation sites is 1. The summed E-state index contributed by atoms with van der Waals surface area (Å²) in [6.45, 7) is 1.92. The van der Waals surface area contributed by atoms with Gasteiger partial charge in [0.05, 0.1) is 4.88 Å². The van der Waals surface area contributed by atoms with Gasteiger partial charge in [0.1, 0.15) is 23.9 Å². The first-order valence-electron chi connectivity index (χ1n) is 8.88. The Bertz CT molecular complexity index is 1060. The van der Waals surface area contributed by atoms with Crippen molar-refractivity contribution < 1.29 is 23.5 Å². The van der Waals surface area contributed by atoms with Crippen LogP contribution in [0.5, 0.6) is 11.5 Å². The van der Waals surface area contributed by atoms with E-state index in [1.165, 1.54) is 42.5 Å². The number of ether oxygens (including phenoxy) is 2.